The van der Waals surface area contributed by atoms with Crippen molar-refractivity contribution in [3.8, 4) is 22.3 Å². The third-order valence-electron chi connectivity index (χ3n) is 4.87. The van der Waals surface area contributed by atoms with Gasteiger partial charge in [0.2, 0.25) is 12.7 Å². The van der Waals surface area contributed by atoms with Gasteiger partial charge in [-0.3, -0.25) is 9.80 Å². The molecule has 4 heterocycles. The Morgan fingerprint density at radius 1 is 0.926 bits per heavy atom. The maximum Gasteiger partial charge on any atom is 0.257 e. The van der Waals surface area contributed by atoms with E-state index in [-0.39, 0.29) is 0 Å². The molecule has 7 nitrogen and oxygen atoms in total. The Hall–Kier alpha value is -2.42. The SMILES string of the molecule is c1csc(-c2nnc(CN3CCN(Cc4ccc5c(c4)OCO5)CC3)o2)c1. The summed E-state index contributed by atoms with van der Waals surface area (Å²) in [5, 5.41) is 10.4. The van der Waals surface area contributed by atoms with E-state index in [1.54, 1.807) is 11.3 Å². The van der Waals surface area contributed by atoms with Crippen LogP contribution in [0.1, 0.15) is 11.5 Å². The van der Waals surface area contributed by atoms with E-state index in [0.29, 0.717) is 25.1 Å². The van der Waals surface area contributed by atoms with Crippen LogP contribution in [0.3, 0.4) is 0 Å². The van der Waals surface area contributed by atoms with Gasteiger partial charge in [0.25, 0.3) is 5.89 Å². The number of nitrogens with zero attached hydrogens (tertiary/aromatic N) is 4. The molecular weight excluding hydrogens is 364 g/mol. The summed E-state index contributed by atoms with van der Waals surface area (Å²) >= 11 is 1.61. The molecule has 1 fully saturated rings. The molecule has 0 amide bonds. The number of thiophene rings is 1. The van der Waals surface area contributed by atoms with E-state index >= 15 is 0 Å². The quantitative estimate of drug-likeness (QED) is 0.670. The van der Waals surface area contributed by atoms with Crippen LogP contribution < -0.4 is 9.47 Å². The largest absolute Gasteiger partial charge is 0.454 e. The van der Waals surface area contributed by atoms with Gasteiger partial charge in [-0.2, -0.15) is 0 Å². The first kappa shape index (κ1) is 16.7. The minimum atomic E-state index is 0.321. The van der Waals surface area contributed by atoms with Crippen LogP contribution >= 0.6 is 11.3 Å². The Labute approximate surface area is 161 Å². The minimum absolute atomic E-state index is 0.321. The Bertz CT molecular complexity index is 904. The first-order valence-electron chi connectivity index (χ1n) is 9.03. The standard InChI is InChI=1S/C19H20N4O3S/c1-2-17(27-9-1)19-21-20-18(26-19)12-23-7-5-22(6-8-23)11-14-3-4-15-16(10-14)25-13-24-15/h1-4,9-10H,5-8,11-13H2. The molecule has 3 aromatic rings. The Balaban J connectivity index is 1.14. The summed E-state index contributed by atoms with van der Waals surface area (Å²) in [5.41, 5.74) is 1.25. The molecule has 1 saturated heterocycles. The summed E-state index contributed by atoms with van der Waals surface area (Å²) in [5.74, 6) is 2.98. The number of ether oxygens (including phenoxy) is 2. The van der Waals surface area contributed by atoms with Crippen molar-refractivity contribution >= 4 is 11.3 Å². The number of rotatable bonds is 5. The molecule has 0 saturated carbocycles. The van der Waals surface area contributed by atoms with Crippen LogP contribution in [-0.4, -0.2) is 53.0 Å². The molecule has 0 spiro atoms. The van der Waals surface area contributed by atoms with Crippen LogP contribution in [0.5, 0.6) is 11.5 Å². The number of benzene rings is 1. The first-order chi connectivity index (χ1) is 13.3. The topological polar surface area (TPSA) is 63.9 Å². The fraction of sp³-hybridized carbons (Fsp3) is 0.368. The molecule has 2 aromatic heterocycles. The molecule has 8 heteroatoms. The van der Waals surface area contributed by atoms with E-state index < -0.39 is 0 Å². The van der Waals surface area contributed by atoms with Crippen LogP contribution in [0.25, 0.3) is 10.8 Å². The molecule has 1 aromatic carbocycles. The van der Waals surface area contributed by atoms with Crippen molar-refractivity contribution in [3.63, 3.8) is 0 Å². The Morgan fingerprint density at radius 3 is 2.56 bits per heavy atom. The van der Waals surface area contributed by atoms with Gasteiger partial charge in [0.05, 0.1) is 11.4 Å². The fourth-order valence-corrected chi connectivity index (χ4v) is 4.06. The third-order valence-corrected chi connectivity index (χ3v) is 5.72. The molecule has 0 bridgehead atoms. The van der Waals surface area contributed by atoms with Gasteiger partial charge in [-0.25, -0.2) is 0 Å². The van der Waals surface area contributed by atoms with E-state index in [4.69, 9.17) is 13.9 Å². The fourth-order valence-electron chi connectivity index (χ4n) is 3.41. The molecule has 2 aliphatic heterocycles. The molecule has 2 aliphatic rings. The van der Waals surface area contributed by atoms with Crippen molar-refractivity contribution in [2.24, 2.45) is 0 Å². The monoisotopic (exact) mass is 384 g/mol. The van der Waals surface area contributed by atoms with Gasteiger partial charge in [-0.05, 0) is 29.1 Å². The third kappa shape index (κ3) is 3.69. The highest BCUT2D eigenvalue weighted by Crippen LogP contribution is 2.33. The lowest BCUT2D eigenvalue weighted by atomic mass is 10.1. The van der Waals surface area contributed by atoms with E-state index in [1.807, 2.05) is 23.6 Å². The summed E-state index contributed by atoms with van der Waals surface area (Å²) in [6, 6.07) is 10.2. The summed E-state index contributed by atoms with van der Waals surface area (Å²) in [7, 11) is 0. The molecule has 0 atom stereocenters. The molecule has 27 heavy (non-hydrogen) atoms. The highest BCUT2D eigenvalue weighted by atomic mass is 32.1. The lowest BCUT2D eigenvalue weighted by molar-refractivity contribution is 0.114. The van der Waals surface area contributed by atoms with Gasteiger partial charge in [0.15, 0.2) is 11.5 Å². The van der Waals surface area contributed by atoms with Crippen LogP contribution in [0, 0.1) is 0 Å². The van der Waals surface area contributed by atoms with E-state index in [1.165, 1.54) is 5.56 Å². The van der Waals surface area contributed by atoms with Crippen molar-refractivity contribution < 1.29 is 13.9 Å². The van der Waals surface area contributed by atoms with Gasteiger partial charge in [0, 0.05) is 32.7 Å². The summed E-state index contributed by atoms with van der Waals surface area (Å²) < 4.78 is 16.6. The van der Waals surface area contributed by atoms with Crippen LogP contribution in [-0.2, 0) is 13.1 Å². The van der Waals surface area contributed by atoms with E-state index in [2.05, 4.69) is 32.1 Å². The average molecular weight is 384 g/mol. The molecule has 5 rings (SSSR count). The highest BCUT2D eigenvalue weighted by Gasteiger charge is 2.21. The van der Waals surface area contributed by atoms with Gasteiger partial charge in [-0.1, -0.05) is 12.1 Å². The molecular formula is C19H20N4O3S. The predicted octanol–water partition coefficient (Wildman–Crippen LogP) is 2.84. The maximum absolute atomic E-state index is 5.80. The molecule has 140 valence electrons. The van der Waals surface area contributed by atoms with E-state index in [9.17, 15) is 0 Å². The Morgan fingerprint density at radius 2 is 1.74 bits per heavy atom. The first-order valence-corrected chi connectivity index (χ1v) is 9.91. The predicted molar refractivity (Wildman–Crippen MR) is 101 cm³/mol. The summed E-state index contributed by atoms with van der Waals surface area (Å²) in [4.78, 5) is 5.84. The average Bonchev–Trinajstić information content (AvgIpc) is 3.44. The normalized spacial score (nSPS) is 17.5. The number of hydrogen-bond acceptors (Lipinski definition) is 8. The van der Waals surface area contributed by atoms with Crippen molar-refractivity contribution in [1.82, 2.24) is 20.0 Å². The van der Waals surface area contributed by atoms with Crippen molar-refractivity contribution in [2.75, 3.05) is 33.0 Å². The second-order valence-electron chi connectivity index (χ2n) is 6.72. The molecule has 0 N–H and O–H groups in total. The zero-order chi connectivity index (χ0) is 18.1. The van der Waals surface area contributed by atoms with E-state index in [0.717, 1.165) is 49.1 Å². The number of hydrogen-bond donors (Lipinski definition) is 0. The van der Waals surface area contributed by atoms with Gasteiger partial charge in [0.1, 0.15) is 0 Å². The number of aromatic nitrogens is 2. The van der Waals surface area contributed by atoms with Gasteiger partial charge in [-0.15, -0.1) is 21.5 Å². The Kier molecular flexibility index (Phi) is 4.52. The van der Waals surface area contributed by atoms with Crippen LogP contribution in [0.4, 0.5) is 0 Å². The van der Waals surface area contributed by atoms with Gasteiger partial charge < -0.3 is 13.9 Å². The molecule has 0 aliphatic carbocycles. The zero-order valence-corrected chi connectivity index (χ0v) is 15.7. The number of piperazine rings is 1. The van der Waals surface area contributed by atoms with Crippen molar-refractivity contribution in [1.29, 1.82) is 0 Å². The summed E-state index contributed by atoms with van der Waals surface area (Å²) in [6.45, 7) is 5.95. The molecule has 0 radical (unpaired) electrons. The second-order valence-corrected chi connectivity index (χ2v) is 7.67. The van der Waals surface area contributed by atoms with Crippen LogP contribution in [0.2, 0.25) is 0 Å². The summed E-state index contributed by atoms with van der Waals surface area (Å²) in [6.07, 6.45) is 0. The lowest BCUT2D eigenvalue weighted by Crippen LogP contribution is -2.45. The maximum atomic E-state index is 5.80. The smallest absolute Gasteiger partial charge is 0.257 e. The lowest BCUT2D eigenvalue weighted by Gasteiger charge is -2.33. The second kappa shape index (κ2) is 7.30. The van der Waals surface area contributed by atoms with Crippen LogP contribution in [0.15, 0.2) is 40.1 Å². The van der Waals surface area contributed by atoms with Crippen molar-refractivity contribution in [3.05, 3.63) is 47.2 Å². The minimum Gasteiger partial charge on any atom is -0.454 e. The molecule has 0 unspecified atom stereocenters. The van der Waals surface area contributed by atoms with Gasteiger partial charge >= 0.3 is 0 Å². The van der Waals surface area contributed by atoms with Crippen molar-refractivity contribution in [2.45, 2.75) is 13.1 Å². The number of fused-ring (bicyclic) bond motifs is 1. The zero-order valence-electron chi connectivity index (χ0n) is 14.8. The highest BCUT2D eigenvalue weighted by molar-refractivity contribution is 7.13.